The number of fused-ring (bicyclic) bond motifs is 1. The summed E-state index contributed by atoms with van der Waals surface area (Å²) in [6.07, 6.45) is -0.787. The van der Waals surface area contributed by atoms with Crippen molar-refractivity contribution < 1.29 is 13.5 Å². The molecule has 1 aliphatic rings. The fourth-order valence-corrected chi connectivity index (χ4v) is 7.47. The molecule has 0 spiro atoms. The van der Waals surface area contributed by atoms with E-state index in [-0.39, 0.29) is 11.7 Å². The quantitative estimate of drug-likeness (QED) is 0.526. The van der Waals surface area contributed by atoms with Gasteiger partial charge in [-0.05, 0) is 74.5 Å². The summed E-state index contributed by atoms with van der Waals surface area (Å²) in [4.78, 5) is 0.342. The van der Waals surface area contributed by atoms with E-state index in [1.54, 1.807) is 12.1 Å². The van der Waals surface area contributed by atoms with Crippen molar-refractivity contribution in [2.75, 3.05) is 5.75 Å². The molecule has 3 nitrogen and oxygen atoms in total. The van der Waals surface area contributed by atoms with E-state index in [4.69, 9.17) is 0 Å². The Hall–Kier alpha value is -0.190. The molecule has 0 fully saturated rings. The minimum atomic E-state index is -3.44. The van der Waals surface area contributed by atoms with Crippen molar-refractivity contribution in [1.82, 2.24) is 0 Å². The van der Waals surface area contributed by atoms with Crippen molar-refractivity contribution in [2.45, 2.75) is 30.8 Å². The average molecular weight is 568 g/mol. The molecule has 2 atom stereocenters. The number of halogens is 2. The van der Waals surface area contributed by atoms with Gasteiger partial charge in [0.1, 0.15) is 0 Å². The number of aliphatic hydroxyl groups excluding tert-OH is 1. The van der Waals surface area contributed by atoms with Crippen LogP contribution in [0.15, 0.2) is 47.4 Å². The third kappa shape index (κ3) is 3.26. The zero-order valence-corrected chi connectivity index (χ0v) is 18.5. The van der Waals surface area contributed by atoms with Gasteiger partial charge >= 0.3 is 0 Å². The van der Waals surface area contributed by atoms with Crippen molar-refractivity contribution in [3.8, 4) is 0 Å². The molecule has 0 amide bonds. The third-order valence-electron chi connectivity index (χ3n) is 4.57. The first kappa shape index (κ1) is 18.6. The van der Waals surface area contributed by atoms with Crippen LogP contribution in [0.25, 0.3) is 0 Å². The second-order valence-electron chi connectivity index (χ2n) is 6.87. The first-order valence-corrected chi connectivity index (χ1v) is 11.4. The minimum Gasteiger partial charge on any atom is -0.392 e. The Morgan fingerprint density at radius 2 is 1.75 bits per heavy atom. The maximum Gasteiger partial charge on any atom is 0.179 e. The molecule has 1 aliphatic heterocycles. The van der Waals surface area contributed by atoms with Crippen LogP contribution in [0.4, 0.5) is 0 Å². The summed E-state index contributed by atoms with van der Waals surface area (Å²) < 4.78 is 27.9. The lowest BCUT2D eigenvalue weighted by molar-refractivity contribution is 0.0519. The normalized spacial score (nSPS) is 24.9. The standard InChI is InChI=1S/C18H18I2O3S/c1-18(2)10-24(22,23)15-6-4-3-5-13(15)16(17(18)21)12-8-7-11(19)9-14(12)20/h3-9,16-17,21H,10H2,1-2H3/t16-,17-/m1/s1. The number of rotatable bonds is 1. The molecule has 0 bridgehead atoms. The summed E-state index contributed by atoms with van der Waals surface area (Å²) in [7, 11) is -3.44. The smallest absolute Gasteiger partial charge is 0.179 e. The van der Waals surface area contributed by atoms with E-state index in [9.17, 15) is 13.5 Å². The van der Waals surface area contributed by atoms with Crippen molar-refractivity contribution in [2.24, 2.45) is 5.41 Å². The van der Waals surface area contributed by atoms with Crippen LogP contribution in [-0.4, -0.2) is 25.4 Å². The fraction of sp³-hybridized carbons (Fsp3) is 0.333. The van der Waals surface area contributed by atoms with Crippen LogP contribution in [0.3, 0.4) is 0 Å². The average Bonchev–Trinajstić information content (AvgIpc) is 2.53. The van der Waals surface area contributed by atoms with Gasteiger partial charge in [-0.2, -0.15) is 0 Å². The second-order valence-corrected chi connectivity index (χ2v) is 11.2. The molecule has 2 aromatic carbocycles. The number of benzene rings is 2. The summed E-state index contributed by atoms with van der Waals surface area (Å²) in [6, 6.07) is 13.1. The molecule has 6 heteroatoms. The molecule has 128 valence electrons. The summed E-state index contributed by atoms with van der Waals surface area (Å²) in [6.45, 7) is 3.65. The van der Waals surface area contributed by atoms with Crippen LogP contribution < -0.4 is 0 Å². The zero-order chi connectivity index (χ0) is 17.7. The third-order valence-corrected chi connectivity index (χ3v) is 8.34. The summed E-state index contributed by atoms with van der Waals surface area (Å²) >= 11 is 4.52. The van der Waals surface area contributed by atoms with Crippen molar-refractivity contribution in [1.29, 1.82) is 0 Å². The van der Waals surface area contributed by atoms with Crippen LogP contribution in [-0.2, 0) is 9.84 Å². The van der Waals surface area contributed by atoms with E-state index in [2.05, 4.69) is 51.2 Å². The molecule has 0 aliphatic carbocycles. The highest BCUT2D eigenvalue weighted by molar-refractivity contribution is 14.1. The van der Waals surface area contributed by atoms with Crippen LogP contribution in [0.2, 0.25) is 0 Å². The van der Waals surface area contributed by atoms with E-state index < -0.39 is 21.4 Å². The Kier molecular flexibility index (Phi) is 5.05. The molecular weight excluding hydrogens is 550 g/mol. The Morgan fingerprint density at radius 3 is 2.42 bits per heavy atom. The predicted octanol–water partition coefficient (Wildman–Crippen LogP) is 4.20. The van der Waals surface area contributed by atoms with E-state index in [1.807, 2.05) is 38.1 Å². The summed E-state index contributed by atoms with van der Waals surface area (Å²) in [5, 5.41) is 11.1. The van der Waals surface area contributed by atoms with Gasteiger partial charge in [0, 0.05) is 18.5 Å². The number of hydrogen-bond donors (Lipinski definition) is 1. The SMILES string of the molecule is CC1(C)CS(=O)(=O)c2ccccc2[C@@H](c2ccc(I)cc2I)[C@H]1O. The van der Waals surface area contributed by atoms with Gasteiger partial charge in [0.2, 0.25) is 0 Å². The lowest BCUT2D eigenvalue weighted by Crippen LogP contribution is -2.38. The highest BCUT2D eigenvalue weighted by Crippen LogP contribution is 2.45. The monoisotopic (exact) mass is 568 g/mol. The zero-order valence-electron chi connectivity index (χ0n) is 13.3. The molecular formula is C18H18I2O3S. The molecule has 0 aromatic heterocycles. The second kappa shape index (κ2) is 6.51. The molecule has 0 radical (unpaired) electrons. The van der Waals surface area contributed by atoms with E-state index in [0.717, 1.165) is 12.7 Å². The first-order valence-electron chi connectivity index (χ1n) is 7.58. The van der Waals surface area contributed by atoms with Gasteiger partial charge in [-0.1, -0.05) is 38.1 Å². The van der Waals surface area contributed by atoms with Gasteiger partial charge in [0.05, 0.1) is 16.8 Å². The van der Waals surface area contributed by atoms with Crippen molar-refractivity contribution in [3.05, 3.63) is 60.7 Å². The molecule has 3 rings (SSSR count). The summed E-state index contributed by atoms with van der Waals surface area (Å²) in [5.41, 5.74) is 0.921. The molecule has 0 saturated carbocycles. The van der Waals surface area contributed by atoms with Crippen molar-refractivity contribution in [3.63, 3.8) is 0 Å². The Morgan fingerprint density at radius 1 is 1.08 bits per heavy atom. The molecule has 24 heavy (non-hydrogen) atoms. The largest absolute Gasteiger partial charge is 0.392 e. The Labute approximate surface area is 170 Å². The van der Waals surface area contributed by atoms with Gasteiger partial charge in [0.25, 0.3) is 0 Å². The lowest BCUT2D eigenvalue weighted by atomic mass is 9.75. The Balaban J connectivity index is 2.33. The van der Waals surface area contributed by atoms with Gasteiger partial charge in [0.15, 0.2) is 9.84 Å². The van der Waals surface area contributed by atoms with Gasteiger partial charge in [-0.25, -0.2) is 8.42 Å². The molecule has 0 saturated heterocycles. The predicted molar refractivity (Wildman–Crippen MR) is 112 cm³/mol. The maximum atomic E-state index is 12.9. The van der Waals surface area contributed by atoms with Gasteiger partial charge in [-0.3, -0.25) is 0 Å². The molecule has 1 N–H and O–H groups in total. The highest BCUT2D eigenvalue weighted by atomic mass is 127. The maximum absolute atomic E-state index is 12.9. The lowest BCUT2D eigenvalue weighted by Gasteiger charge is -2.34. The van der Waals surface area contributed by atoms with Crippen LogP contribution in [0, 0.1) is 12.6 Å². The van der Waals surface area contributed by atoms with E-state index >= 15 is 0 Å². The Bertz CT molecular complexity index is 891. The van der Waals surface area contributed by atoms with Gasteiger partial charge < -0.3 is 5.11 Å². The van der Waals surface area contributed by atoms with Gasteiger partial charge in [-0.15, -0.1) is 0 Å². The van der Waals surface area contributed by atoms with Crippen molar-refractivity contribution >= 4 is 55.0 Å². The fourth-order valence-electron chi connectivity index (χ4n) is 3.39. The molecule has 0 unspecified atom stereocenters. The number of sulfone groups is 1. The van der Waals surface area contributed by atoms with E-state index in [1.165, 1.54) is 0 Å². The topological polar surface area (TPSA) is 54.4 Å². The van der Waals surface area contributed by atoms with Crippen LogP contribution in [0.1, 0.15) is 30.9 Å². The molecule has 1 heterocycles. The highest BCUT2D eigenvalue weighted by Gasteiger charge is 2.45. The number of aliphatic hydroxyl groups is 1. The van der Waals surface area contributed by atoms with Crippen LogP contribution in [0.5, 0.6) is 0 Å². The minimum absolute atomic E-state index is 0.0599. The molecule has 2 aromatic rings. The van der Waals surface area contributed by atoms with Crippen LogP contribution >= 0.6 is 45.2 Å². The van der Waals surface area contributed by atoms with E-state index in [0.29, 0.717) is 10.5 Å². The first-order chi connectivity index (χ1) is 11.1. The summed E-state index contributed by atoms with van der Waals surface area (Å²) in [5.74, 6) is -0.423. The number of hydrogen-bond acceptors (Lipinski definition) is 3.